The summed E-state index contributed by atoms with van der Waals surface area (Å²) in [6.07, 6.45) is 0.900. The van der Waals surface area contributed by atoms with Crippen LogP contribution in [0.2, 0.25) is 0 Å². The van der Waals surface area contributed by atoms with Crippen LogP contribution in [0.25, 0.3) is 0 Å². The molecule has 0 fully saturated rings. The first-order valence-electron chi connectivity index (χ1n) is 10.3. The number of aromatic amines is 1. The average molecular weight is 418 g/mol. The Morgan fingerprint density at radius 2 is 2.03 bits per heavy atom. The molecule has 0 radical (unpaired) electrons. The Bertz CT molecular complexity index is 1110. The topological polar surface area (TPSA) is 87.3 Å². The lowest BCUT2D eigenvalue weighted by molar-refractivity contribution is -0.131. The van der Waals surface area contributed by atoms with Crippen LogP contribution in [0, 0.1) is 6.92 Å². The molecule has 0 atom stereocenters. The summed E-state index contributed by atoms with van der Waals surface area (Å²) in [5, 5.41) is 10.1. The molecule has 2 heterocycles. The molecule has 1 aliphatic rings. The van der Waals surface area contributed by atoms with Gasteiger partial charge in [-0.2, -0.15) is 5.10 Å². The monoisotopic (exact) mass is 418 g/mol. The van der Waals surface area contributed by atoms with Crippen LogP contribution in [0.3, 0.4) is 0 Å². The second kappa shape index (κ2) is 9.04. The number of benzene rings is 2. The van der Waals surface area contributed by atoms with Gasteiger partial charge in [-0.05, 0) is 18.6 Å². The van der Waals surface area contributed by atoms with Crippen molar-refractivity contribution < 1.29 is 14.3 Å². The number of methoxy groups -OCH3 is 1. The number of aryl methyl sites for hydroxylation is 1. The van der Waals surface area contributed by atoms with Crippen molar-refractivity contribution in [3.8, 4) is 5.75 Å². The summed E-state index contributed by atoms with van der Waals surface area (Å²) in [5.41, 5.74) is 5.10. The summed E-state index contributed by atoms with van der Waals surface area (Å²) in [6.45, 7) is 3.41. The standard InChI is InChI=1S/C24H26N4O3/c1-16-6-5-7-17(12-16)14-25-24(30)23-19-15-28(11-10-20(19)26-27-23)22(29)13-18-8-3-4-9-21(18)31-2/h3-9,12H,10-11,13-15H2,1-2H3,(H,25,30)(H,26,27). The van der Waals surface area contributed by atoms with Crippen LogP contribution in [-0.4, -0.2) is 40.6 Å². The third-order valence-electron chi connectivity index (χ3n) is 5.57. The molecule has 0 unspecified atom stereocenters. The molecule has 31 heavy (non-hydrogen) atoms. The van der Waals surface area contributed by atoms with Crippen molar-refractivity contribution in [2.45, 2.75) is 32.9 Å². The fourth-order valence-electron chi connectivity index (χ4n) is 3.91. The molecule has 1 aromatic heterocycles. The van der Waals surface area contributed by atoms with Crippen molar-refractivity contribution >= 4 is 11.8 Å². The highest BCUT2D eigenvalue weighted by atomic mass is 16.5. The SMILES string of the molecule is COc1ccccc1CC(=O)N1CCc2[nH]nc(C(=O)NCc3cccc(C)c3)c2C1. The summed E-state index contributed by atoms with van der Waals surface area (Å²) >= 11 is 0. The van der Waals surface area contributed by atoms with Crippen LogP contribution in [0.1, 0.15) is 38.4 Å². The second-order valence-electron chi connectivity index (χ2n) is 7.75. The Labute approximate surface area is 181 Å². The number of hydrogen-bond donors (Lipinski definition) is 2. The molecule has 7 heteroatoms. The highest BCUT2D eigenvalue weighted by molar-refractivity contribution is 5.94. The van der Waals surface area contributed by atoms with Gasteiger partial charge in [-0.3, -0.25) is 14.7 Å². The summed E-state index contributed by atoms with van der Waals surface area (Å²) < 4.78 is 5.36. The van der Waals surface area contributed by atoms with Gasteiger partial charge in [0.15, 0.2) is 5.69 Å². The van der Waals surface area contributed by atoms with Crippen molar-refractivity contribution in [1.29, 1.82) is 0 Å². The molecule has 1 aliphatic heterocycles. The average Bonchev–Trinajstić information content (AvgIpc) is 3.21. The van der Waals surface area contributed by atoms with E-state index in [-0.39, 0.29) is 18.2 Å². The Morgan fingerprint density at radius 1 is 1.19 bits per heavy atom. The van der Waals surface area contributed by atoms with E-state index < -0.39 is 0 Å². The number of nitrogens with zero attached hydrogens (tertiary/aromatic N) is 2. The predicted octanol–water partition coefficient (Wildman–Crippen LogP) is 2.78. The zero-order valence-electron chi connectivity index (χ0n) is 17.8. The van der Waals surface area contributed by atoms with Gasteiger partial charge in [0, 0.05) is 42.9 Å². The molecule has 160 valence electrons. The molecule has 3 aromatic rings. The van der Waals surface area contributed by atoms with E-state index in [0.717, 1.165) is 27.9 Å². The van der Waals surface area contributed by atoms with Crippen LogP contribution in [0.5, 0.6) is 5.75 Å². The third kappa shape index (κ3) is 4.60. The van der Waals surface area contributed by atoms with Gasteiger partial charge in [-0.1, -0.05) is 48.0 Å². The Morgan fingerprint density at radius 3 is 2.84 bits per heavy atom. The number of rotatable bonds is 6. The van der Waals surface area contributed by atoms with Gasteiger partial charge in [-0.15, -0.1) is 0 Å². The fourth-order valence-corrected chi connectivity index (χ4v) is 3.91. The molecular weight excluding hydrogens is 392 g/mol. The number of ether oxygens (including phenoxy) is 1. The molecule has 0 aliphatic carbocycles. The van der Waals surface area contributed by atoms with E-state index in [2.05, 4.69) is 15.5 Å². The van der Waals surface area contributed by atoms with E-state index in [4.69, 9.17) is 4.74 Å². The lowest BCUT2D eigenvalue weighted by atomic mass is 10.0. The van der Waals surface area contributed by atoms with Crippen LogP contribution in [0.4, 0.5) is 0 Å². The minimum atomic E-state index is -0.238. The first-order valence-corrected chi connectivity index (χ1v) is 10.3. The zero-order chi connectivity index (χ0) is 21.8. The first kappa shape index (κ1) is 20.7. The second-order valence-corrected chi connectivity index (χ2v) is 7.75. The lowest BCUT2D eigenvalue weighted by Crippen LogP contribution is -2.37. The van der Waals surface area contributed by atoms with Crippen LogP contribution < -0.4 is 10.1 Å². The lowest BCUT2D eigenvalue weighted by Gasteiger charge is -2.27. The highest BCUT2D eigenvalue weighted by Gasteiger charge is 2.28. The van der Waals surface area contributed by atoms with Crippen molar-refractivity contribution in [3.05, 3.63) is 82.2 Å². The number of H-pyrrole nitrogens is 1. The number of carbonyl (C=O) groups is 2. The number of carbonyl (C=O) groups excluding carboxylic acids is 2. The number of amides is 2. The van der Waals surface area contributed by atoms with Gasteiger partial charge in [0.05, 0.1) is 13.5 Å². The quantitative estimate of drug-likeness (QED) is 0.644. The van der Waals surface area contributed by atoms with Crippen molar-refractivity contribution in [2.24, 2.45) is 0 Å². The van der Waals surface area contributed by atoms with Gasteiger partial charge >= 0.3 is 0 Å². The smallest absolute Gasteiger partial charge is 0.272 e. The number of fused-ring (bicyclic) bond motifs is 1. The molecule has 0 bridgehead atoms. The fraction of sp³-hybridized carbons (Fsp3) is 0.292. The van der Waals surface area contributed by atoms with Crippen LogP contribution >= 0.6 is 0 Å². The Hall–Kier alpha value is -3.61. The minimum Gasteiger partial charge on any atom is -0.496 e. The number of para-hydroxylation sites is 1. The molecular formula is C24H26N4O3. The predicted molar refractivity (Wildman–Crippen MR) is 117 cm³/mol. The van der Waals surface area contributed by atoms with Gasteiger partial charge in [0.2, 0.25) is 5.91 Å². The van der Waals surface area contributed by atoms with Gasteiger partial charge in [-0.25, -0.2) is 0 Å². The number of nitrogens with one attached hydrogen (secondary N) is 2. The zero-order valence-corrected chi connectivity index (χ0v) is 17.8. The van der Waals surface area contributed by atoms with Gasteiger partial charge in [0.1, 0.15) is 5.75 Å². The molecule has 4 rings (SSSR count). The van der Waals surface area contributed by atoms with E-state index in [0.29, 0.717) is 37.5 Å². The van der Waals surface area contributed by atoms with Crippen molar-refractivity contribution in [1.82, 2.24) is 20.4 Å². The highest BCUT2D eigenvalue weighted by Crippen LogP contribution is 2.23. The minimum absolute atomic E-state index is 0.00229. The molecule has 2 aromatic carbocycles. The number of hydrogen-bond acceptors (Lipinski definition) is 4. The Kier molecular flexibility index (Phi) is 6.02. The normalized spacial score (nSPS) is 12.9. The Balaban J connectivity index is 1.43. The van der Waals surface area contributed by atoms with Crippen molar-refractivity contribution in [3.63, 3.8) is 0 Å². The molecule has 0 saturated heterocycles. The maximum atomic E-state index is 12.9. The van der Waals surface area contributed by atoms with E-state index in [1.807, 2.05) is 55.5 Å². The molecule has 2 N–H and O–H groups in total. The number of aromatic nitrogens is 2. The van der Waals surface area contributed by atoms with E-state index in [9.17, 15) is 9.59 Å². The van der Waals surface area contributed by atoms with Crippen molar-refractivity contribution in [2.75, 3.05) is 13.7 Å². The third-order valence-corrected chi connectivity index (χ3v) is 5.57. The summed E-state index contributed by atoms with van der Waals surface area (Å²) in [7, 11) is 1.60. The molecule has 2 amide bonds. The first-order chi connectivity index (χ1) is 15.0. The molecule has 0 spiro atoms. The largest absolute Gasteiger partial charge is 0.496 e. The van der Waals surface area contributed by atoms with Crippen LogP contribution in [-0.2, 0) is 30.7 Å². The van der Waals surface area contributed by atoms with E-state index >= 15 is 0 Å². The summed E-state index contributed by atoms with van der Waals surface area (Å²) in [4.78, 5) is 27.5. The molecule has 0 saturated carbocycles. The molecule has 7 nitrogen and oxygen atoms in total. The van der Waals surface area contributed by atoms with Gasteiger partial charge in [0.25, 0.3) is 5.91 Å². The van der Waals surface area contributed by atoms with Gasteiger partial charge < -0.3 is 15.0 Å². The summed E-state index contributed by atoms with van der Waals surface area (Å²) in [6, 6.07) is 15.5. The maximum absolute atomic E-state index is 12.9. The van der Waals surface area contributed by atoms with E-state index in [1.54, 1.807) is 12.0 Å². The summed E-state index contributed by atoms with van der Waals surface area (Å²) in [5.74, 6) is 0.466. The van der Waals surface area contributed by atoms with Crippen LogP contribution in [0.15, 0.2) is 48.5 Å². The maximum Gasteiger partial charge on any atom is 0.272 e. The van der Waals surface area contributed by atoms with E-state index in [1.165, 1.54) is 0 Å².